The molecule has 2 unspecified atom stereocenters. The molecule has 0 bridgehead atoms. The largest absolute Gasteiger partial charge is 0.481 e. The van der Waals surface area contributed by atoms with Gasteiger partial charge in [-0.05, 0) is 37.2 Å². The van der Waals surface area contributed by atoms with Gasteiger partial charge in [0.1, 0.15) is 10.7 Å². The number of rotatable bonds is 14. The van der Waals surface area contributed by atoms with E-state index in [1.54, 1.807) is 24.3 Å². The number of hydrogen-bond donors (Lipinski definition) is 2. The summed E-state index contributed by atoms with van der Waals surface area (Å²) in [7, 11) is 1.79. The van der Waals surface area contributed by atoms with Gasteiger partial charge in [-0.1, -0.05) is 51.1 Å². The van der Waals surface area contributed by atoms with Crippen LogP contribution in [0, 0.1) is 17.8 Å². The molecule has 0 radical (unpaired) electrons. The van der Waals surface area contributed by atoms with E-state index >= 15 is 0 Å². The standard InChI is InChI=1S/C29H39N3O6S/c1-17(2)24(32(5)28(35)21-11-12-21)15-25(38-19(4)33)27-31-23(16-39-27)26(34)30-22(13-18(3)29(36)37)14-20-9-7-6-8-10-20/h6-10,16-18,21-22,24-25H,11-15H2,1-5H3,(H,30,34)(H,36,37)/t18-,22+,24?,25?/m0/s1. The lowest BCUT2D eigenvalue weighted by Gasteiger charge is -2.33. The molecule has 3 rings (SSSR count). The van der Waals surface area contributed by atoms with Crippen LogP contribution in [-0.2, 0) is 25.5 Å². The Hall–Kier alpha value is -3.27. The van der Waals surface area contributed by atoms with Gasteiger partial charge in [0.15, 0.2) is 6.10 Å². The number of amides is 2. The molecule has 2 N–H and O–H groups in total. The number of carbonyl (C=O) groups is 4. The fraction of sp³-hybridized carbons (Fsp3) is 0.552. The average molecular weight is 558 g/mol. The highest BCUT2D eigenvalue weighted by Crippen LogP contribution is 2.35. The van der Waals surface area contributed by atoms with Crippen LogP contribution in [0.2, 0.25) is 0 Å². The number of nitrogens with one attached hydrogen (secondary N) is 1. The molecule has 0 saturated heterocycles. The lowest BCUT2D eigenvalue weighted by atomic mass is 9.96. The molecule has 1 fully saturated rings. The minimum Gasteiger partial charge on any atom is -0.481 e. The SMILES string of the molecule is CC(=O)OC(CC(C(C)C)N(C)C(=O)C1CC1)c1nc(C(=O)N[C@@H](Cc2ccccc2)C[C@H](C)C(=O)O)cs1. The van der Waals surface area contributed by atoms with Gasteiger partial charge in [-0.15, -0.1) is 11.3 Å². The second-order valence-electron chi connectivity index (χ2n) is 10.8. The topological polar surface area (TPSA) is 126 Å². The van der Waals surface area contributed by atoms with Crippen LogP contribution in [-0.4, -0.2) is 57.9 Å². The molecule has 10 heteroatoms. The summed E-state index contributed by atoms with van der Waals surface area (Å²) in [5.41, 5.74) is 1.16. The highest BCUT2D eigenvalue weighted by Gasteiger charge is 2.37. The first-order chi connectivity index (χ1) is 18.5. The molecule has 212 valence electrons. The third kappa shape index (κ3) is 8.88. The Kier molecular flexibility index (Phi) is 10.6. The maximum atomic E-state index is 13.2. The highest BCUT2D eigenvalue weighted by molar-refractivity contribution is 7.09. The second kappa shape index (κ2) is 13.7. The van der Waals surface area contributed by atoms with Crippen LogP contribution in [0.15, 0.2) is 35.7 Å². The minimum absolute atomic E-state index is 0.0752. The van der Waals surface area contributed by atoms with Crippen molar-refractivity contribution >= 4 is 35.1 Å². The zero-order chi connectivity index (χ0) is 28.7. The predicted molar refractivity (Wildman–Crippen MR) is 148 cm³/mol. The number of esters is 1. The van der Waals surface area contributed by atoms with Crippen molar-refractivity contribution in [2.45, 2.75) is 78.0 Å². The van der Waals surface area contributed by atoms with Crippen molar-refractivity contribution in [3.8, 4) is 0 Å². The van der Waals surface area contributed by atoms with Gasteiger partial charge >= 0.3 is 11.9 Å². The van der Waals surface area contributed by atoms with Gasteiger partial charge in [-0.3, -0.25) is 19.2 Å². The number of aliphatic carboxylic acids is 1. The Bertz CT molecular complexity index is 1150. The fourth-order valence-corrected chi connectivity index (χ4v) is 5.54. The number of benzene rings is 1. The van der Waals surface area contributed by atoms with E-state index in [9.17, 15) is 24.3 Å². The summed E-state index contributed by atoms with van der Waals surface area (Å²) in [5.74, 6) is -2.15. The third-order valence-electron chi connectivity index (χ3n) is 7.05. The quantitative estimate of drug-likeness (QED) is 0.328. The maximum Gasteiger partial charge on any atom is 0.306 e. The van der Waals surface area contributed by atoms with E-state index in [0.29, 0.717) is 17.8 Å². The fourth-order valence-electron chi connectivity index (χ4n) is 4.70. The summed E-state index contributed by atoms with van der Waals surface area (Å²) < 4.78 is 5.63. The van der Waals surface area contributed by atoms with E-state index in [-0.39, 0.29) is 35.9 Å². The van der Waals surface area contributed by atoms with Gasteiger partial charge < -0.3 is 20.1 Å². The van der Waals surface area contributed by atoms with Crippen molar-refractivity contribution in [1.82, 2.24) is 15.2 Å². The molecule has 1 aliphatic rings. The molecular weight excluding hydrogens is 518 g/mol. The molecule has 0 spiro atoms. The van der Waals surface area contributed by atoms with Crippen molar-refractivity contribution in [2.24, 2.45) is 17.8 Å². The normalized spacial score (nSPS) is 16.2. The molecule has 1 aromatic heterocycles. The second-order valence-corrected chi connectivity index (χ2v) is 11.7. The van der Waals surface area contributed by atoms with E-state index in [2.05, 4.69) is 10.3 Å². The third-order valence-corrected chi connectivity index (χ3v) is 7.99. The number of thiazole rings is 1. The first kappa shape index (κ1) is 30.3. The summed E-state index contributed by atoms with van der Waals surface area (Å²) in [4.78, 5) is 55.7. The molecule has 1 saturated carbocycles. The van der Waals surface area contributed by atoms with Gasteiger partial charge in [0.25, 0.3) is 5.91 Å². The number of nitrogens with zero attached hydrogens (tertiary/aromatic N) is 2. The minimum atomic E-state index is -0.924. The summed E-state index contributed by atoms with van der Waals surface area (Å²) >= 11 is 1.22. The summed E-state index contributed by atoms with van der Waals surface area (Å²) in [6.45, 7) is 7.00. The van der Waals surface area contributed by atoms with E-state index in [4.69, 9.17) is 4.74 Å². The highest BCUT2D eigenvalue weighted by atomic mass is 32.1. The van der Waals surface area contributed by atoms with E-state index < -0.39 is 35.9 Å². The number of carboxylic acid groups (broad SMARTS) is 1. The Morgan fingerprint density at radius 1 is 1.13 bits per heavy atom. The van der Waals surface area contributed by atoms with E-state index in [0.717, 1.165) is 18.4 Å². The average Bonchev–Trinajstić information content (AvgIpc) is 3.61. The summed E-state index contributed by atoms with van der Waals surface area (Å²) in [5, 5.41) is 14.5. The molecule has 1 heterocycles. The van der Waals surface area contributed by atoms with Gasteiger partial charge in [0.05, 0.1) is 5.92 Å². The molecule has 4 atom stereocenters. The monoisotopic (exact) mass is 557 g/mol. The Labute approximate surface area is 234 Å². The van der Waals surface area contributed by atoms with Crippen molar-refractivity contribution in [3.63, 3.8) is 0 Å². The van der Waals surface area contributed by atoms with Crippen molar-refractivity contribution in [1.29, 1.82) is 0 Å². The maximum absolute atomic E-state index is 13.2. The zero-order valence-corrected chi connectivity index (χ0v) is 24.1. The lowest BCUT2D eigenvalue weighted by Crippen LogP contribution is -2.42. The Balaban J connectivity index is 1.76. The molecule has 2 aromatic rings. The van der Waals surface area contributed by atoms with Crippen molar-refractivity contribution < 1.29 is 29.0 Å². The van der Waals surface area contributed by atoms with Crippen molar-refractivity contribution in [3.05, 3.63) is 52.0 Å². The van der Waals surface area contributed by atoms with Gasteiger partial charge in [-0.2, -0.15) is 0 Å². The number of ether oxygens (including phenoxy) is 1. The van der Waals surface area contributed by atoms with Crippen LogP contribution >= 0.6 is 11.3 Å². The molecule has 9 nitrogen and oxygen atoms in total. The van der Waals surface area contributed by atoms with Crippen molar-refractivity contribution in [2.75, 3.05) is 7.05 Å². The van der Waals surface area contributed by atoms with Crippen LogP contribution < -0.4 is 5.32 Å². The zero-order valence-electron chi connectivity index (χ0n) is 23.3. The van der Waals surface area contributed by atoms with Gasteiger partial charge in [0.2, 0.25) is 5.91 Å². The summed E-state index contributed by atoms with van der Waals surface area (Å²) in [6, 6.07) is 8.99. The van der Waals surface area contributed by atoms with Gasteiger partial charge in [0, 0.05) is 43.8 Å². The lowest BCUT2D eigenvalue weighted by molar-refractivity contribution is -0.148. The van der Waals surface area contributed by atoms with Crippen LogP contribution in [0.25, 0.3) is 0 Å². The molecular formula is C29H39N3O6S. The Morgan fingerprint density at radius 3 is 2.36 bits per heavy atom. The molecule has 1 aromatic carbocycles. The number of carboxylic acids is 1. The van der Waals surface area contributed by atoms with Crippen LogP contribution in [0.4, 0.5) is 0 Å². The molecule has 1 aliphatic carbocycles. The predicted octanol–water partition coefficient (Wildman–Crippen LogP) is 4.48. The summed E-state index contributed by atoms with van der Waals surface area (Å²) in [6.07, 6.45) is 2.22. The van der Waals surface area contributed by atoms with Crippen LogP contribution in [0.5, 0.6) is 0 Å². The van der Waals surface area contributed by atoms with Crippen LogP contribution in [0.1, 0.15) is 80.5 Å². The first-order valence-corrected chi connectivity index (χ1v) is 14.3. The van der Waals surface area contributed by atoms with Crippen LogP contribution in [0.3, 0.4) is 0 Å². The number of hydrogen-bond acceptors (Lipinski definition) is 7. The number of aromatic nitrogens is 1. The van der Waals surface area contributed by atoms with E-state index in [1.807, 2.05) is 44.2 Å². The first-order valence-electron chi connectivity index (χ1n) is 13.4. The molecule has 2 amide bonds. The Morgan fingerprint density at radius 2 is 1.79 bits per heavy atom. The van der Waals surface area contributed by atoms with Gasteiger partial charge in [-0.25, -0.2) is 4.98 Å². The molecule has 39 heavy (non-hydrogen) atoms. The number of carbonyl (C=O) groups excluding carboxylic acids is 3. The smallest absolute Gasteiger partial charge is 0.306 e. The molecule has 0 aliphatic heterocycles. The van der Waals surface area contributed by atoms with E-state index in [1.165, 1.54) is 18.3 Å².